The van der Waals surface area contributed by atoms with Gasteiger partial charge in [-0.05, 0) is 55.9 Å². The molecule has 0 bridgehead atoms. The van der Waals surface area contributed by atoms with Crippen molar-refractivity contribution in [2.45, 2.75) is 51.2 Å². The zero-order valence-corrected chi connectivity index (χ0v) is 15.6. The first-order valence-electron chi connectivity index (χ1n) is 9.33. The van der Waals surface area contributed by atoms with Crippen LogP contribution in [0.5, 0.6) is 0 Å². The normalized spacial score (nSPS) is 15.3. The number of carbonyl (C=O) groups is 1. The number of carbonyl (C=O) groups excluding carboxylic acids is 1. The molecule has 1 aliphatic heterocycles. The van der Waals surface area contributed by atoms with Crippen molar-refractivity contribution in [2.24, 2.45) is 0 Å². The van der Waals surface area contributed by atoms with Crippen LogP contribution in [0.4, 0.5) is 5.69 Å². The monoisotopic (exact) mass is 352 g/mol. The fraction of sp³-hybridized carbons (Fsp3) is 0.409. The Hall–Kier alpha value is -2.17. The number of hydrogen-bond acceptors (Lipinski definition) is 3. The van der Waals surface area contributed by atoms with Gasteiger partial charge < -0.3 is 15.7 Å². The van der Waals surface area contributed by atoms with Crippen LogP contribution in [0.2, 0.25) is 0 Å². The molecule has 1 amide bonds. The molecule has 3 rings (SSSR count). The van der Waals surface area contributed by atoms with Gasteiger partial charge >= 0.3 is 0 Å². The van der Waals surface area contributed by atoms with Crippen LogP contribution in [0.25, 0.3) is 0 Å². The maximum absolute atomic E-state index is 11.5. The van der Waals surface area contributed by atoms with E-state index in [2.05, 4.69) is 48.7 Å². The van der Waals surface area contributed by atoms with Crippen LogP contribution in [0.1, 0.15) is 49.5 Å². The highest BCUT2D eigenvalue weighted by atomic mass is 16.3. The minimum absolute atomic E-state index is 0.0565. The average molecular weight is 352 g/mol. The molecule has 0 unspecified atom stereocenters. The van der Waals surface area contributed by atoms with Crippen LogP contribution < -0.4 is 10.6 Å². The molecule has 2 aromatic rings. The van der Waals surface area contributed by atoms with Crippen molar-refractivity contribution >= 4 is 11.6 Å². The van der Waals surface area contributed by atoms with E-state index in [0.29, 0.717) is 13.0 Å². The van der Waals surface area contributed by atoms with Crippen LogP contribution in [-0.2, 0) is 17.6 Å². The Kier molecular flexibility index (Phi) is 5.74. The van der Waals surface area contributed by atoms with E-state index in [1.54, 1.807) is 0 Å². The lowest BCUT2D eigenvalue weighted by atomic mass is 9.94. The number of aryl methyl sites for hydroxylation is 2. The van der Waals surface area contributed by atoms with Crippen molar-refractivity contribution < 1.29 is 9.90 Å². The fourth-order valence-electron chi connectivity index (χ4n) is 3.29. The predicted octanol–water partition coefficient (Wildman–Crippen LogP) is 3.61. The van der Waals surface area contributed by atoms with Gasteiger partial charge in [0.25, 0.3) is 0 Å². The molecule has 0 radical (unpaired) electrons. The molecule has 2 aromatic carbocycles. The molecular formula is C22H28N2O2. The third-order valence-electron chi connectivity index (χ3n) is 5.07. The molecule has 0 saturated heterocycles. The number of β-amino-alcohol motifs (C(OH)–C–C–N with tert-alkyl or cyclic N) is 1. The zero-order chi connectivity index (χ0) is 18.6. The van der Waals surface area contributed by atoms with E-state index in [-0.39, 0.29) is 11.4 Å². The van der Waals surface area contributed by atoms with E-state index in [4.69, 9.17) is 0 Å². The first-order chi connectivity index (χ1) is 12.4. The number of aliphatic hydroxyl groups is 1. The molecule has 4 heteroatoms. The number of amides is 1. The number of rotatable bonds is 7. The average Bonchev–Trinajstić information content (AvgIpc) is 2.65. The van der Waals surface area contributed by atoms with Crippen molar-refractivity contribution in [2.75, 3.05) is 11.9 Å². The Balaban J connectivity index is 1.54. The first kappa shape index (κ1) is 18.6. The Bertz CT molecular complexity index is 756. The number of fused-ring (bicyclic) bond motifs is 1. The first-order valence-corrected chi connectivity index (χ1v) is 9.33. The van der Waals surface area contributed by atoms with Crippen LogP contribution in [0.3, 0.4) is 0 Å². The smallest absolute Gasteiger partial charge is 0.224 e. The number of benzene rings is 2. The standard InChI is InChI=1S/C22H28N2O2/c1-22(2,13-12-16-6-4-3-5-7-16)23-15-20(25)18-8-10-19-17(14-18)9-11-21(26)24-19/h3-8,10,14,20,23,25H,9,11-13,15H2,1-2H3,(H,24,26)/t20-/m1/s1. The van der Waals surface area contributed by atoms with Crippen LogP contribution in [-0.4, -0.2) is 23.1 Å². The highest BCUT2D eigenvalue weighted by molar-refractivity contribution is 5.93. The lowest BCUT2D eigenvalue weighted by molar-refractivity contribution is -0.116. The van der Waals surface area contributed by atoms with Crippen molar-refractivity contribution in [3.05, 3.63) is 65.2 Å². The Morgan fingerprint density at radius 3 is 2.69 bits per heavy atom. The van der Waals surface area contributed by atoms with Gasteiger partial charge in [-0.2, -0.15) is 0 Å². The van der Waals surface area contributed by atoms with Crippen LogP contribution in [0.15, 0.2) is 48.5 Å². The molecule has 1 aliphatic rings. The molecule has 26 heavy (non-hydrogen) atoms. The second kappa shape index (κ2) is 8.02. The molecule has 0 aromatic heterocycles. The minimum Gasteiger partial charge on any atom is -0.387 e. The molecular weight excluding hydrogens is 324 g/mol. The highest BCUT2D eigenvalue weighted by Crippen LogP contribution is 2.26. The van der Waals surface area contributed by atoms with Crippen LogP contribution in [0, 0.1) is 0 Å². The van der Waals surface area contributed by atoms with Gasteiger partial charge in [-0.3, -0.25) is 4.79 Å². The van der Waals surface area contributed by atoms with Gasteiger partial charge in [0.1, 0.15) is 0 Å². The Morgan fingerprint density at radius 2 is 1.92 bits per heavy atom. The van der Waals surface area contributed by atoms with E-state index in [1.807, 2.05) is 24.3 Å². The second-order valence-corrected chi connectivity index (χ2v) is 7.73. The molecule has 4 nitrogen and oxygen atoms in total. The number of hydrogen-bond donors (Lipinski definition) is 3. The van der Waals surface area contributed by atoms with Gasteiger partial charge in [0.2, 0.25) is 5.91 Å². The number of nitrogens with one attached hydrogen (secondary N) is 2. The van der Waals surface area contributed by atoms with E-state index >= 15 is 0 Å². The summed E-state index contributed by atoms with van der Waals surface area (Å²) in [5, 5.41) is 16.9. The van der Waals surface area contributed by atoms with E-state index in [9.17, 15) is 9.90 Å². The third-order valence-corrected chi connectivity index (χ3v) is 5.07. The molecule has 0 fully saturated rings. The van der Waals surface area contributed by atoms with Crippen molar-refractivity contribution in [3.8, 4) is 0 Å². The second-order valence-electron chi connectivity index (χ2n) is 7.73. The van der Waals surface area contributed by atoms with Gasteiger partial charge in [0.15, 0.2) is 0 Å². The fourth-order valence-corrected chi connectivity index (χ4v) is 3.29. The quantitative estimate of drug-likeness (QED) is 0.713. The minimum atomic E-state index is -0.561. The lowest BCUT2D eigenvalue weighted by Crippen LogP contribution is -2.42. The Morgan fingerprint density at radius 1 is 1.15 bits per heavy atom. The third kappa shape index (κ3) is 4.93. The van der Waals surface area contributed by atoms with Crippen molar-refractivity contribution in [1.82, 2.24) is 5.32 Å². The Labute approximate surface area is 155 Å². The zero-order valence-electron chi connectivity index (χ0n) is 15.6. The van der Waals surface area contributed by atoms with Crippen molar-refractivity contribution in [3.63, 3.8) is 0 Å². The predicted molar refractivity (Wildman–Crippen MR) is 105 cm³/mol. The molecule has 0 spiro atoms. The summed E-state index contributed by atoms with van der Waals surface area (Å²) in [4.78, 5) is 11.5. The SMILES string of the molecule is CC(C)(CCc1ccccc1)NC[C@@H](O)c1ccc2c(c1)CCC(=O)N2. The van der Waals surface area contributed by atoms with Gasteiger partial charge in [0, 0.05) is 24.2 Å². The number of aliphatic hydroxyl groups excluding tert-OH is 1. The lowest BCUT2D eigenvalue weighted by Gasteiger charge is -2.28. The highest BCUT2D eigenvalue weighted by Gasteiger charge is 2.21. The summed E-state index contributed by atoms with van der Waals surface area (Å²) >= 11 is 0. The maximum Gasteiger partial charge on any atom is 0.224 e. The number of anilines is 1. The maximum atomic E-state index is 11.5. The summed E-state index contributed by atoms with van der Waals surface area (Å²) in [5.74, 6) is 0.0626. The molecule has 0 aliphatic carbocycles. The molecule has 1 heterocycles. The topological polar surface area (TPSA) is 61.4 Å². The summed E-state index contributed by atoms with van der Waals surface area (Å²) in [6, 6.07) is 16.3. The molecule has 1 atom stereocenters. The van der Waals surface area contributed by atoms with E-state index < -0.39 is 6.10 Å². The van der Waals surface area contributed by atoms with Gasteiger partial charge in [-0.1, -0.05) is 42.5 Å². The van der Waals surface area contributed by atoms with E-state index in [0.717, 1.165) is 36.1 Å². The summed E-state index contributed by atoms with van der Waals surface area (Å²) in [7, 11) is 0. The van der Waals surface area contributed by atoms with Crippen LogP contribution >= 0.6 is 0 Å². The van der Waals surface area contributed by atoms with Gasteiger partial charge in [-0.15, -0.1) is 0 Å². The van der Waals surface area contributed by atoms with Gasteiger partial charge in [-0.25, -0.2) is 0 Å². The molecule has 0 saturated carbocycles. The molecule has 138 valence electrons. The summed E-state index contributed by atoms with van der Waals surface area (Å²) in [6.07, 6.45) is 2.69. The summed E-state index contributed by atoms with van der Waals surface area (Å²) in [5.41, 5.74) is 4.14. The summed E-state index contributed by atoms with van der Waals surface area (Å²) in [6.45, 7) is 4.85. The van der Waals surface area contributed by atoms with Gasteiger partial charge in [0.05, 0.1) is 6.10 Å². The van der Waals surface area contributed by atoms with Crippen molar-refractivity contribution in [1.29, 1.82) is 0 Å². The molecule has 3 N–H and O–H groups in total. The largest absolute Gasteiger partial charge is 0.387 e. The van der Waals surface area contributed by atoms with E-state index in [1.165, 1.54) is 5.56 Å². The summed E-state index contributed by atoms with van der Waals surface area (Å²) < 4.78 is 0.